The Morgan fingerprint density at radius 1 is 1.53 bits per heavy atom. The van der Waals surface area contributed by atoms with E-state index in [1.165, 1.54) is 0 Å². The fourth-order valence-electron chi connectivity index (χ4n) is 1.65. The van der Waals surface area contributed by atoms with Gasteiger partial charge < -0.3 is 10.6 Å². The van der Waals surface area contributed by atoms with E-state index < -0.39 is 9.84 Å². The summed E-state index contributed by atoms with van der Waals surface area (Å²) in [5, 5.41) is 5.67. The fraction of sp³-hybridized carbons (Fsp3) is 0.889. The lowest BCUT2D eigenvalue weighted by Gasteiger charge is -2.15. The highest BCUT2D eigenvalue weighted by molar-refractivity contribution is 7.91. The molecule has 0 bridgehead atoms. The predicted octanol–water partition coefficient (Wildman–Crippen LogP) is -0.855. The number of nitrogens with one attached hydrogen (secondary N) is 2. The smallest absolute Gasteiger partial charge is 0.224 e. The van der Waals surface area contributed by atoms with E-state index in [9.17, 15) is 13.2 Å². The molecule has 1 aliphatic heterocycles. The van der Waals surface area contributed by atoms with Crippen LogP contribution >= 0.6 is 0 Å². The van der Waals surface area contributed by atoms with Gasteiger partial charge in [0, 0.05) is 18.5 Å². The van der Waals surface area contributed by atoms with Crippen LogP contribution in [0.1, 0.15) is 13.3 Å². The van der Waals surface area contributed by atoms with E-state index in [1.54, 1.807) is 7.05 Å². The number of hydrogen-bond donors (Lipinski definition) is 2. The summed E-state index contributed by atoms with van der Waals surface area (Å²) in [5.41, 5.74) is 0. The molecule has 0 aromatic rings. The first kappa shape index (κ1) is 12.4. The molecular weight excluding hydrogens is 216 g/mol. The van der Waals surface area contributed by atoms with Crippen molar-refractivity contribution in [3.8, 4) is 0 Å². The van der Waals surface area contributed by atoms with Crippen molar-refractivity contribution in [3.05, 3.63) is 0 Å². The monoisotopic (exact) mass is 234 g/mol. The molecular formula is C9H18N2O3S. The predicted molar refractivity (Wildman–Crippen MR) is 58.3 cm³/mol. The second kappa shape index (κ2) is 4.94. The fourth-order valence-corrected chi connectivity index (χ4v) is 3.32. The molecule has 0 aromatic heterocycles. The molecule has 2 N–H and O–H groups in total. The number of carbonyl (C=O) groups is 1. The highest BCUT2D eigenvalue weighted by atomic mass is 32.2. The zero-order chi connectivity index (χ0) is 11.5. The van der Waals surface area contributed by atoms with Crippen molar-refractivity contribution in [2.75, 3.05) is 25.1 Å². The minimum Gasteiger partial charge on any atom is -0.352 e. The summed E-state index contributed by atoms with van der Waals surface area (Å²) in [6.45, 7) is 2.42. The van der Waals surface area contributed by atoms with Crippen LogP contribution in [0.2, 0.25) is 0 Å². The molecule has 1 heterocycles. The summed E-state index contributed by atoms with van der Waals surface area (Å²) >= 11 is 0. The van der Waals surface area contributed by atoms with Gasteiger partial charge in [0.2, 0.25) is 5.91 Å². The third kappa shape index (κ3) is 3.79. The number of hydrogen-bond acceptors (Lipinski definition) is 4. The molecule has 6 heteroatoms. The van der Waals surface area contributed by atoms with Crippen molar-refractivity contribution in [2.45, 2.75) is 19.4 Å². The lowest BCUT2D eigenvalue weighted by atomic mass is 10.1. The number of carbonyl (C=O) groups excluding carboxylic acids is 1. The van der Waals surface area contributed by atoms with Gasteiger partial charge in [0.05, 0.1) is 11.5 Å². The molecule has 1 saturated heterocycles. The lowest BCUT2D eigenvalue weighted by molar-refractivity contribution is -0.124. The number of rotatable bonds is 4. The third-order valence-corrected chi connectivity index (χ3v) is 4.30. The molecule has 1 rings (SSSR count). The lowest BCUT2D eigenvalue weighted by Crippen LogP contribution is -2.41. The molecule has 0 aliphatic carbocycles. The highest BCUT2D eigenvalue weighted by Gasteiger charge is 2.29. The van der Waals surface area contributed by atoms with Gasteiger partial charge in [-0.3, -0.25) is 4.79 Å². The van der Waals surface area contributed by atoms with Gasteiger partial charge in [-0.1, -0.05) is 6.92 Å². The van der Waals surface area contributed by atoms with Gasteiger partial charge in [0.15, 0.2) is 9.84 Å². The topological polar surface area (TPSA) is 75.3 Å². The van der Waals surface area contributed by atoms with Crippen molar-refractivity contribution in [2.24, 2.45) is 5.92 Å². The largest absolute Gasteiger partial charge is 0.352 e. The maximum Gasteiger partial charge on any atom is 0.224 e. The SMILES string of the molecule is CNCC(C)C(=O)NC1CCS(=O)(=O)C1. The summed E-state index contributed by atoms with van der Waals surface area (Å²) < 4.78 is 22.3. The highest BCUT2D eigenvalue weighted by Crippen LogP contribution is 2.11. The van der Waals surface area contributed by atoms with Gasteiger partial charge in [-0.15, -0.1) is 0 Å². The van der Waals surface area contributed by atoms with Crippen LogP contribution in [0.4, 0.5) is 0 Å². The molecule has 0 radical (unpaired) electrons. The van der Waals surface area contributed by atoms with Crippen molar-refractivity contribution < 1.29 is 13.2 Å². The van der Waals surface area contributed by atoms with E-state index in [4.69, 9.17) is 0 Å². The molecule has 88 valence electrons. The maximum atomic E-state index is 11.6. The van der Waals surface area contributed by atoms with Gasteiger partial charge >= 0.3 is 0 Å². The van der Waals surface area contributed by atoms with E-state index in [-0.39, 0.29) is 29.4 Å². The molecule has 2 atom stereocenters. The molecule has 1 amide bonds. The molecule has 5 nitrogen and oxygen atoms in total. The van der Waals surface area contributed by atoms with Crippen molar-refractivity contribution in [3.63, 3.8) is 0 Å². The molecule has 2 unspecified atom stereocenters. The minimum atomic E-state index is -2.91. The van der Waals surface area contributed by atoms with Crippen molar-refractivity contribution >= 4 is 15.7 Å². The average molecular weight is 234 g/mol. The number of amides is 1. The Kier molecular flexibility index (Phi) is 4.10. The van der Waals surface area contributed by atoms with Crippen LogP contribution in [0, 0.1) is 5.92 Å². The van der Waals surface area contributed by atoms with E-state index in [0.29, 0.717) is 13.0 Å². The molecule has 0 saturated carbocycles. The average Bonchev–Trinajstić information content (AvgIpc) is 2.46. The van der Waals surface area contributed by atoms with Gasteiger partial charge in [-0.25, -0.2) is 8.42 Å². The van der Waals surface area contributed by atoms with Crippen LogP contribution < -0.4 is 10.6 Å². The zero-order valence-corrected chi connectivity index (χ0v) is 9.93. The summed E-state index contributed by atoms with van der Waals surface area (Å²) in [6, 6.07) is -0.193. The molecule has 1 fully saturated rings. The molecule has 0 spiro atoms. The first-order valence-electron chi connectivity index (χ1n) is 5.10. The van der Waals surface area contributed by atoms with E-state index in [0.717, 1.165) is 0 Å². The van der Waals surface area contributed by atoms with E-state index >= 15 is 0 Å². The number of sulfone groups is 1. The van der Waals surface area contributed by atoms with Gasteiger partial charge in [-0.05, 0) is 13.5 Å². The molecule has 1 aliphatic rings. The maximum absolute atomic E-state index is 11.6. The Labute approximate surface area is 90.5 Å². The van der Waals surface area contributed by atoms with Crippen LogP contribution in [0.15, 0.2) is 0 Å². The first-order chi connectivity index (χ1) is 6.94. The second-order valence-corrected chi connectivity index (χ2v) is 6.30. The summed E-state index contributed by atoms with van der Waals surface area (Å²) in [5.74, 6) is 0.0772. The molecule has 15 heavy (non-hydrogen) atoms. The van der Waals surface area contributed by atoms with Gasteiger partial charge in [-0.2, -0.15) is 0 Å². The Morgan fingerprint density at radius 2 is 2.20 bits per heavy atom. The standard InChI is InChI=1S/C9H18N2O3S/c1-7(5-10-2)9(12)11-8-3-4-15(13,14)6-8/h7-8,10H,3-6H2,1-2H3,(H,11,12). The quantitative estimate of drug-likeness (QED) is 0.664. The Hall–Kier alpha value is -0.620. The van der Waals surface area contributed by atoms with Gasteiger partial charge in [0.25, 0.3) is 0 Å². The second-order valence-electron chi connectivity index (χ2n) is 4.07. The van der Waals surface area contributed by atoms with Crippen LogP contribution in [0.3, 0.4) is 0 Å². The van der Waals surface area contributed by atoms with Crippen LogP contribution in [0.5, 0.6) is 0 Å². The Balaban J connectivity index is 2.40. The Bertz CT molecular complexity index is 326. The van der Waals surface area contributed by atoms with Crippen molar-refractivity contribution in [1.82, 2.24) is 10.6 Å². The normalized spacial score (nSPS) is 26.1. The summed E-state index contributed by atoms with van der Waals surface area (Å²) in [6.07, 6.45) is 0.542. The summed E-state index contributed by atoms with van der Waals surface area (Å²) in [7, 11) is -1.13. The zero-order valence-electron chi connectivity index (χ0n) is 9.12. The minimum absolute atomic E-state index is 0.0774. The van der Waals surface area contributed by atoms with Crippen LogP contribution in [-0.4, -0.2) is 45.5 Å². The van der Waals surface area contributed by atoms with Crippen molar-refractivity contribution in [1.29, 1.82) is 0 Å². The first-order valence-corrected chi connectivity index (χ1v) is 6.92. The summed E-state index contributed by atoms with van der Waals surface area (Å²) in [4.78, 5) is 11.6. The van der Waals surface area contributed by atoms with E-state index in [1.807, 2.05) is 6.92 Å². The van der Waals surface area contributed by atoms with Crippen LogP contribution in [-0.2, 0) is 14.6 Å². The third-order valence-electron chi connectivity index (χ3n) is 2.54. The van der Waals surface area contributed by atoms with Crippen LogP contribution in [0.25, 0.3) is 0 Å². The van der Waals surface area contributed by atoms with E-state index in [2.05, 4.69) is 10.6 Å². The Morgan fingerprint density at radius 3 is 2.67 bits per heavy atom. The molecule has 0 aromatic carbocycles. The van der Waals surface area contributed by atoms with Gasteiger partial charge in [0.1, 0.15) is 0 Å².